The van der Waals surface area contributed by atoms with Crippen LogP contribution in [0.5, 0.6) is 0 Å². The van der Waals surface area contributed by atoms with E-state index in [1.165, 1.54) is 230 Å². The largest absolute Gasteiger partial charge is 1.00 e. The van der Waals surface area contributed by atoms with Crippen molar-refractivity contribution in [2.45, 2.75) is 178 Å². The van der Waals surface area contributed by atoms with Crippen LogP contribution in [0.2, 0.25) is 12.6 Å². The Labute approximate surface area is 440 Å². The smallest absolute Gasteiger partial charge is 0.0162 e. The summed E-state index contributed by atoms with van der Waals surface area (Å²) in [5, 5.41) is 5.24. The van der Waals surface area contributed by atoms with Gasteiger partial charge in [-0.05, 0) is 71.6 Å². The molecule has 4 aromatic carbocycles. The van der Waals surface area contributed by atoms with Gasteiger partial charge in [0.1, 0.15) is 0 Å². The molecular formula is C62H73Cl2F3SiZr-2. The topological polar surface area (TPSA) is 0 Å². The first-order valence-electron chi connectivity index (χ1n) is 26.4. The van der Waals surface area contributed by atoms with E-state index >= 15 is 0 Å². The number of alkyl halides is 3. The monoisotopic (exact) mass is 1060 g/mol. The van der Waals surface area contributed by atoms with Crippen molar-refractivity contribution < 1.29 is 61.3 Å². The molecule has 0 bridgehead atoms. The van der Waals surface area contributed by atoms with E-state index in [0.717, 1.165) is 23.7 Å². The van der Waals surface area contributed by atoms with Gasteiger partial charge in [0.2, 0.25) is 0 Å². The van der Waals surface area contributed by atoms with E-state index in [1.807, 2.05) is 6.55 Å². The molecule has 0 aliphatic heterocycles. The number of rotatable bonds is 8. The minimum Gasteiger partial charge on any atom is -1.00 e. The molecule has 0 saturated heterocycles. The van der Waals surface area contributed by atoms with E-state index in [1.54, 1.807) is 0 Å². The fraction of sp³-hybridized carbons (Fsp3) is 0.484. The maximum Gasteiger partial charge on any atom is -0.0162 e. The predicted molar refractivity (Wildman–Crippen MR) is 275 cm³/mol. The first kappa shape index (κ1) is 55.6. The molecule has 366 valence electrons. The molecule has 4 aromatic rings. The van der Waals surface area contributed by atoms with Crippen LogP contribution in [0.1, 0.15) is 171 Å². The quantitative estimate of drug-likeness (QED) is 0.0938. The van der Waals surface area contributed by atoms with Gasteiger partial charge in [-0.1, -0.05) is 199 Å². The summed E-state index contributed by atoms with van der Waals surface area (Å²) in [6, 6.07) is 32.7. The molecule has 4 saturated carbocycles. The Hall–Kier alpha value is -2.69. The van der Waals surface area contributed by atoms with Gasteiger partial charge < -0.3 is 24.8 Å². The molecule has 0 atom stereocenters. The summed E-state index contributed by atoms with van der Waals surface area (Å²) in [5.41, 5.74) is 10.5. The summed E-state index contributed by atoms with van der Waals surface area (Å²) in [6.45, 7) is 1.93. The zero-order chi connectivity index (χ0) is 46.4. The van der Waals surface area contributed by atoms with Crippen LogP contribution in [0.3, 0.4) is 0 Å². The number of benzene rings is 4. The normalized spacial score (nSPS) is 20.0. The standard InChI is InChI=1S/2C29H33.C4H7F3Si.2ClH.Zr/c2*1-2-5-10-22(9-4-1)19-23-20-27-13-8-14-28(29(27)21-23)26-17-15-25(16-18-26)24-11-6-3-7-12-24;1-8-3-2-4(5,6)7;;;/h2*8,13-19,21-22,24H,1-7,9-12H2;2-3H2,1H3;2*1H;/q2*-1;;;;+2/p-2. The summed E-state index contributed by atoms with van der Waals surface area (Å²) in [5.74, 6) is 3.04. The van der Waals surface area contributed by atoms with Crippen LogP contribution in [0, 0.1) is 11.8 Å². The maximum atomic E-state index is 11.4. The van der Waals surface area contributed by atoms with E-state index < -0.39 is 18.0 Å². The molecule has 0 N–H and O–H groups in total. The van der Waals surface area contributed by atoms with Gasteiger partial charge in [0.25, 0.3) is 0 Å². The Morgan fingerprint density at radius 2 is 0.855 bits per heavy atom. The van der Waals surface area contributed by atoms with E-state index in [4.69, 9.17) is 0 Å². The second-order valence-corrected chi connectivity index (χ2v) is 29.0. The summed E-state index contributed by atoms with van der Waals surface area (Å²) < 4.78 is 34.3. The average Bonchev–Trinajstić information content (AvgIpc) is 3.74. The number of hydrogen-bond acceptors (Lipinski definition) is 0. The van der Waals surface area contributed by atoms with Crippen LogP contribution in [-0.4, -0.2) is 11.6 Å². The molecule has 6 aliphatic carbocycles. The molecule has 6 aliphatic rings. The van der Waals surface area contributed by atoms with Crippen molar-refractivity contribution in [2.75, 3.05) is 0 Å². The van der Waals surface area contributed by atoms with Crippen LogP contribution >= 0.6 is 0 Å². The SMILES string of the molecule is C[Si](=[Zr+2])CCC(F)(F)F.[C-]1=c2cccc(-c3ccc(C4CCCCC4)cc3)c2=CC1=CC1CCCCCC1.[C-]1=c2cccc(-c3ccc(C4CCCCC4)cc3)c2=CC1=CC1CCCCCC1.[Cl-].[Cl-]. The van der Waals surface area contributed by atoms with Crippen molar-refractivity contribution in [3.05, 3.63) is 140 Å². The molecule has 4 fully saturated rings. The molecule has 0 spiro atoms. The Morgan fingerprint density at radius 1 is 0.507 bits per heavy atom. The van der Waals surface area contributed by atoms with Gasteiger partial charge >= 0.3 is 67.1 Å². The van der Waals surface area contributed by atoms with E-state index in [2.05, 4.69) is 121 Å². The number of hydrogen-bond donors (Lipinski definition) is 0. The Kier molecular flexibility index (Phi) is 22.5. The van der Waals surface area contributed by atoms with Crippen molar-refractivity contribution >= 4 is 29.7 Å². The molecular weight excluding hydrogens is 992 g/mol. The minimum absolute atomic E-state index is 0. The van der Waals surface area contributed by atoms with E-state index in [0.29, 0.717) is 6.04 Å². The molecule has 0 unspecified atom stereocenters. The second-order valence-electron chi connectivity index (χ2n) is 20.6. The van der Waals surface area contributed by atoms with Crippen molar-refractivity contribution in [1.29, 1.82) is 0 Å². The number of allylic oxidation sites excluding steroid dienone is 4. The van der Waals surface area contributed by atoms with Gasteiger partial charge in [0.05, 0.1) is 0 Å². The predicted octanol–water partition coefficient (Wildman–Crippen LogP) is 9.61. The van der Waals surface area contributed by atoms with E-state index in [9.17, 15) is 13.2 Å². The summed E-state index contributed by atoms with van der Waals surface area (Å²) >= 11 is 1.29. The summed E-state index contributed by atoms with van der Waals surface area (Å²) in [4.78, 5) is 0. The third-order valence-electron chi connectivity index (χ3n) is 15.4. The molecule has 0 amide bonds. The molecule has 0 radical (unpaired) electrons. The van der Waals surface area contributed by atoms with Crippen molar-refractivity contribution in [3.8, 4) is 22.3 Å². The molecule has 0 aromatic heterocycles. The zero-order valence-electron chi connectivity index (χ0n) is 41.1. The fourth-order valence-corrected chi connectivity index (χ4v) is 13.2. The molecule has 0 heterocycles. The van der Waals surface area contributed by atoms with Crippen LogP contribution in [-0.2, 0) is 23.3 Å². The Balaban J connectivity index is 0.000000189. The van der Waals surface area contributed by atoms with Crippen LogP contribution < -0.4 is 45.7 Å². The van der Waals surface area contributed by atoms with Crippen molar-refractivity contribution in [1.82, 2.24) is 0 Å². The van der Waals surface area contributed by atoms with Gasteiger partial charge in [0, 0.05) is 0 Å². The van der Waals surface area contributed by atoms with Gasteiger partial charge in [0.15, 0.2) is 0 Å². The molecule has 0 nitrogen and oxygen atoms in total. The van der Waals surface area contributed by atoms with Crippen LogP contribution in [0.15, 0.2) is 108 Å². The van der Waals surface area contributed by atoms with Gasteiger partial charge in [-0.15, -0.1) is 80.6 Å². The summed E-state index contributed by atoms with van der Waals surface area (Å²) in [6.07, 6.45) is 43.1. The Morgan fingerprint density at radius 3 is 1.19 bits per heavy atom. The zero-order valence-corrected chi connectivity index (χ0v) is 46.0. The van der Waals surface area contributed by atoms with Gasteiger partial charge in [-0.2, -0.15) is 0 Å². The fourth-order valence-electron chi connectivity index (χ4n) is 11.6. The number of fused-ring (bicyclic) bond motifs is 2. The van der Waals surface area contributed by atoms with Crippen molar-refractivity contribution in [3.63, 3.8) is 0 Å². The second kappa shape index (κ2) is 27.9. The van der Waals surface area contributed by atoms with Gasteiger partial charge in [-0.3, -0.25) is 0 Å². The third-order valence-corrected chi connectivity index (χ3v) is 18.2. The van der Waals surface area contributed by atoms with E-state index in [-0.39, 0.29) is 24.8 Å². The minimum atomic E-state index is -3.93. The molecule has 10 rings (SSSR count). The van der Waals surface area contributed by atoms with Gasteiger partial charge in [-0.25, -0.2) is 0 Å². The molecule has 69 heavy (non-hydrogen) atoms. The van der Waals surface area contributed by atoms with Crippen molar-refractivity contribution in [2.24, 2.45) is 11.8 Å². The van der Waals surface area contributed by atoms with Crippen LogP contribution in [0.25, 0.3) is 46.6 Å². The summed E-state index contributed by atoms with van der Waals surface area (Å²) in [7, 11) is 0. The maximum absolute atomic E-state index is 11.4. The number of halogens is 5. The third kappa shape index (κ3) is 16.7. The first-order valence-corrected chi connectivity index (χ1v) is 32.3. The average molecular weight is 1070 g/mol. The Bertz CT molecular complexity index is 2400. The van der Waals surface area contributed by atoms with Crippen LogP contribution in [0.4, 0.5) is 13.2 Å². The molecule has 7 heteroatoms. The first-order chi connectivity index (χ1) is 32.6.